The van der Waals surface area contributed by atoms with E-state index in [0.717, 1.165) is 15.8 Å². The fourth-order valence-electron chi connectivity index (χ4n) is 3.55. The van der Waals surface area contributed by atoms with Gasteiger partial charge in [0.1, 0.15) is 22.9 Å². The molecule has 0 fully saturated rings. The highest BCUT2D eigenvalue weighted by molar-refractivity contribution is 7.10. The van der Waals surface area contributed by atoms with Crippen LogP contribution in [0.3, 0.4) is 0 Å². The third-order valence-corrected chi connectivity index (χ3v) is 6.37. The number of hydrogen-bond acceptors (Lipinski definition) is 6. The highest BCUT2D eigenvalue weighted by atomic mass is 35.5. The molecule has 170 valence electrons. The summed E-state index contributed by atoms with van der Waals surface area (Å²) in [6, 6.07) is 3.99. The highest BCUT2D eigenvalue weighted by Gasteiger charge is 2.47. The predicted molar refractivity (Wildman–Crippen MR) is 115 cm³/mol. The lowest BCUT2D eigenvalue weighted by atomic mass is 10.0. The summed E-state index contributed by atoms with van der Waals surface area (Å²) in [5, 5.41) is 11.6. The number of nitrogens with zero attached hydrogens (tertiary/aromatic N) is 2. The molecule has 0 radical (unpaired) electrons. The molecule has 3 heterocycles. The summed E-state index contributed by atoms with van der Waals surface area (Å²) in [6.45, 7) is 0. The van der Waals surface area contributed by atoms with Crippen LogP contribution in [0, 0.1) is 0 Å². The molecule has 12 heteroatoms. The Balaban J connectivity index is 1.70. The molecule has 0 saturated carbocycles. The number of alkyl halides is 3. The van der Waals surface area contributed by atoms with E-state index in [0.29, 0.717) is 5.75 Å². The third kappa shape index (κ3) is 4.09. The lowest BCUT2D eigenvalue weighted by Crippen LogP contribution is -2.36. The Morgan fingerprint density at radius 1 is 1.31 bits per heavy atom. The number of anilines is 2. The van der Waals surface area contributed by atoms with Crippen LogP contribution in [0.4, 0.5) is 24.7 Å². The number of carbonyl (C=O) groups is 1. The molecule has 32 heavy (non-hydrogen) atoms. The monoisotopic (exact) mass is 486 g/mol. The summed E-state index contributed by atoms with van der Waals surface area (Å²) in [6.07, 6.45) is -3.65. The summed E-state index contributed by atoms with van der Waals surface area (Å²) >= 11 is 7.43. The average Bonchev–Trinajstić information content (AvgIpc) is 3.43. The molecule has 1 amide bonds. The van der Waals surface area contributed by atoms with Crippen molar-refractivity contribution in [2.24, 2.45) is 0 Å². The van der Waals surface area contributed by atoms with E-state index < -0.39 is 24.2 Å². The number of halogens is 4. The molecule has 7 nitrogen and oxygen atoms in total. The van der Waals surface area contributed by atoms with Crippen molar-refractivity contribution in [2.45, 2.75) is 24.7 Å². The number of amides is 1. The van der Waals surface area contributed by atoms with Crippen LogP contribution in [-0.2, 0) is 0 Å². The predicted octanol–water partition coefficient (Wildman–Crippen LogP) is 5.53. The number of hydrogen-bond donors (Lipinski definition) is 2. The normalized spacial score (nSPS) is 17.9. The van der Waals surface area contributed by atoms with Gasteiger partial charge in [-0.2, -0.15) is 18.3 Å². The van der Waals surface area contributed by atoms with Crippen molar-refractivity contribution in [3.05, 3.63) is 51.3 Å². The van der Waals surface area contributed by atoms with Crippen LogP contribution < -0.4 is 20.1 Å². The Hall–Kier alpha value is -2.92. The second-order valence-electron chi connectivity index (χ2n) is 7.00. The molecule has 3 aromatic rings. The first-order chi connectivity index (χ1) is 15.2. The van der Waals surface area contributed by atoms with E-state index in [1.54, 1.807) is 17.5 Å². The van der Waals surface area contributed by atoms with Crippen LogP contribution in [-0.4, -0.2) is 36.1 Å². The number of ether oxygens (including phenoxy) is 2. The molecule has 1 aliphatic heterocycles. The van der Waals surface area contributed by atoms with Crippen molar-refractivity contribution >= 4 is 40.4 Å². The number of aromatic nitrogens is 2. The first-order valence-electron chi connectivity index (χ1n) is 9.40. The molecule has 0 aliphatic carbocycles. The minimum atomic E-state index is -4.53. The Morgan fingerprint density at radius 3 is 2.69 bits per heavy atom. The minimum absolute atomic E-state index is 0.00521. The summed E-state index contributed by atoms with van der Waals surface area (Å²) < 4.78 is 52.6. The first kappa shape index (κ1) is 22.3. The SMILES string of the molecule is COc1cc(NC(=O)c2cnn3c2NC(c2cccs2)CC3C(F)(F)F)c(OC)cc1Cl. The zero-order chi connectivity index (χ0) is 23.0. The van der Waals surface area contributed by atoms with Crippen LogP contribution in [0.1, 0.15) is 33.7 Å². The minimum Gasteiger partial charge on any atom is -0.495 e. The fraction of sp³-hybridized carbons (Fsp3) is 0.300. The summed E-state index contributed by atoms with van der Waals surface area (Å²) in [5.74, 6) is -0.0980. The van der Waals surface area contributed by atoms with Crippen molar-refractivity contribution in [3.63, 3.8) is 0 Å². The third-order valence-electron chi connectivity index (χ3n) is 5.09. The van der Waals surface area contributed by atoms with Crippen LogP contribution in [0.2, 0.25) is 5.02 Å². The number of rotatable bonds is 5. The Bertz CT molecular complexity index is 1130. The van der Waals surface area contributed by atoms with Gasteiger partial charge < -0.3 is 20.1 Å². The summed E-state index contributed by atoms with van der Waals surface area (Å²) in [7, 11) is 2.82. The zero-order valence-electron chi connectivity index (χ0n) is 16.9. The van der Waals surface area contributed by atoms with E-state index in [2.05, 4.69) is 15.7 Å². The molecule has 0 bridgehead atoms. The van der Waals surface area contributed by atoms with E-state index in [-0.39, 0.29) is 34.3 Å². The topological polar surface area (TPSA) is 77.4 Å². The summed E-state index contributed by atoms with van der Waals surface area (Å²) in [4.78, 5) is 13.8. The average molecular weight is 487 g/mol. The number of thiophene rings is 1. The van der Waals surface area contributed by atoms with Crippen molar-refractivity contribution < 1.29 is 27.4 Å². The summed E-state index contributed by atoms with van der Waals surface area (Å²) in [5.41, 5.74) is 0.216. The van der Waals surface area contributed by atoms with Crippen molar-refractivity contribution in [3.8, 4) is 11.5 Å². The fourth-order valence-corrected chi connectivity index (χ4v) is 4.57. The van der Waals surface area contributed by atoms with Gasteiger partial charge in [-0.3, -0.25) is 4.79 Å². The largest absolute Gasteiger partial charge is 0.495 e. The quantitative estimate of drug-likeness (QED) is 0.496. The number of fused-ring (bicyclic) bond motifs is 1. The van der Waals surface area contributed by atoms with E-state index in [4.69, 9.17) is 21.1 Å². The van der Waals surface area contributed by atoms with E-state index >= 15 is 0 Å². The van der Waals surface area contributed by atoms with Gasteiger partial charge in [0, 0.05) is 23.4 Å². The molecule has 2 N–H and O–H groups in total. The smallest absolute Gasteiger partial charge is 0.410 e. The van der Waals surface area contributed by atoms with Gasteiger partial charge in [-0.15, -0.1) is 11.3 Å². The van der Waals surface area contributed by atoms with E-state index in [1.807, 2.05) is 0 Å². The van der Waals surface area contributed by atoms with Crippen LogP contribution >= 0.6 is 22.9 Å². The molecule has 4 rings (SSSR count). The number of nitrogens with one attached hydrogen (secondary N) is 2. The van der Waals surface area contributed by atoms with Crippen LogP contribution in [0.15, 0.2) is 35.8 Å². The maximum Gasteiger partial charge on any atom is 0.410 e. The maximum absolute atomic E-state index is 13.8. The molecular weight excluding hydrogens is 469 g/mol. The van der Waals surface area contributed by atoms with Gasteiger partial charge in [-0.05, 0) is 11.4 Å². The van der Waals surface area contributed by atoms with Gasteiger partial charge in [0.25, 0.3) is 5.91 Å². The second kappa shape index (κ2) is 8.55. The van der Waals surface area contributed by atoms with Crippen LogP contribution in [0.5, 0.6) is 11.5 Å². The lowest BCUT2D eigenvalue weighted by molar-refractivity contribution is -0.173. The van der Waals surface area contributed by atoms with Gasteiger partial charge in [-0.1, -0.05) is 17.7 Å². The lowest BCUT2D eigenvalue weighted by Gasteiger charge is -2.33. The van der Waals surface area contributed by atoms with Gasteiger partial charge in [0.15, 0.2) is 6.04 Å². The van der Waals surface area contributed by atoms with Crippen molar-refractivity contribution in [1.82, 2.24) is 9.78 Å². The van der Waals surface area contributed by atoms with Gasteiger partial charge in [-0.25, -0.2) is 4.68 Å². The molecule has 2 atom stereocenters. The Labute approximate surface area is 190 Å². The zero-order valence-corrected chi connectivity index (χ0v) is 18.4. The highest BCUT2D eigenvalue weighted by Crippen LogP contribution is 2.45. The van der Waals surface area contributed by atoms with E-state index in [1.165, 1.54) is 37.7 Å². The number of methoxy groups -OCH3 is 2. The molecule has 0 spiro atoms. The van der Waals surface area contributed by atoms with Crippen molar-refractivity contribution in [1.29, 1.82) is 0 Å². The number of carbonyl (C=O) groups excluding carboxylic acids is 1. The molecule has 2 aromatic heterocycles. The Morgan fingerprint density at radius 2 is 2.06 bits per heavy atom. The van der Waals surface area contributed by atoms with Crippen molar-refractivity contribution in [2.75, 3.05) is 24.9 Å². The maximum atomic E-state index is 13.8. The van der Waals surface area contributed by atoms with Crippen LogP contribution in [0.25, 0.3) is 0 Å². The first-order valence-corrected chi connectivity index (χ1v) is 10.7. The van der Waals surface area contributed by atoms with Gasteiger partial charge >= 0.3 is 6.18 Å². The Kier molecular flexibility index (Phi) is 5.95. The van der Waals surface area contributed by atoms with Gasteiger partial charge in [0.2, 0.25) is 0 Å². The molecule has 1 aliphatic rings. The van der Waals surface area contributed by atoms with E-state index in [9.17, 15) is 18.0 Å². The second-order valence-corrected chi connectivity index (χ2v) is 8.38. The number of benzene rings is 1. The standard InChI is InChI=1S/C20H18ClF3N4O3S/c1-30-14-7-12(15(31-2)6-11(14)21)27-19(29)10-9-25-28-17(20(22,23)24)8-13(26-18(10)28)16-4-3-5-32-16/h3-7,9,13,17,26H,8H2,1-2H3,(H,27,29). The molecule has 1 aromatic carbocycles. The van der Waals surface area contributed by atoms with Gasteiger partial charge in [0.05, 0.1) is 37.2 Å². The molecular formula is C20H18ClF3N4O3S. The molecule has 0 saturated heterocycles. The molecule has 2 unspecified atom stereocenters.